The summed E-state index contributed by atoms with van der Waals surface area (Å²) in [7, 11) is 0. The molecular weight excluding hydrogens is 148 g/mol. The van der Waals surface area contributed by atoms with Crippen LogP contribution in [0.3, 0.4) is 0 Å². The predicted octanol–water partition coefficient (Wildman–Crippen LogP) is 0.840. The maximum absolute atomic E-state index is 3.64. The monoisotopic (exact) mass is 168 g/mol. The molecule has 0 radical (unpaired) electrons. The molecule has 0 amide bonds. The first kappa shape index (κ1) is 8.52. The van der Waals surface area contributed by atoms with Crippen LogP contribution in [0.5, 0.6) is 0 Å². The summed E-state index contributed by atoms with van der Waals surface area (Å²) in [4.78, 5) is 0. The topological polar surface area (TPSA) is 24.1 Å². The van der Waals surface area contributed by atoms with E-state index in [0.29, 0.717) is 0 Å². The van der Waals surface area contributed by atoms with Gasteiger partial charge in [0.25, 0.3) is 0 Å². The van der Waals surface area contributed by atoms with Gasteiger partial charge in [-0.1, -0.05) is 13.8 Å². The molecule has 1 aliphatic carbocycles. The van der Waals surface area contributed by atoms with E-state index >= 15 is 0 Å². The van der Waals surface area contributed by atoms with Gasteiger partial charge in [-0.15, -0.1) is 0 Å². The maximum Gasteiger partial charge on any atom is 0.00965 e. The van der Waals surface area contributed by atoms with Crippen molar-refractivity contribution < 1.29 is 0 Å². The fourth-order valence-electron chi connectivity index (χ4n) is 2.05. The molecule has 1 saturated heterocycles. The van der Waals surface area contributed by atoms with Crippen LogP contribution in [-0.2, 0) is 0 Å². The normalized spacial score (nSPS) is 46.5. The van der Waals surface area contributed by atoms with Crippen molar-refractivity contribution in [3.8, 4) is 0 Å². The lowest BCUT2D eigenvalue weighted by Gasteiger charge is -2.14. The molecule has 2 heteroatoms. The van der Waals surface area contributed by atoms with Crippen LogP contribution < -0.4 is 10.6 Å². The third-order valence-corrected chi connectivity index (χ3v) is 3.43. The molecule has 1 saturated carbocycles. The minimum atomic E-state index is 0.845. The highest BCUT2D eigenvalue weighted by atomic mass is 15.0. The molecule has 4 unspecified atom stereocenters. The molecule has 4 atom stereocenters. The molecule has 0 aromatic heterocycles. The second-order valence-corrected chi connectivity index (χ2v) is 4.62. The van der Waals surface area contributed by atoms with Gasteiger partial charge in [-0.25, -0.2) is 0 Å². The van der Waals surface area contributed by atoms with Crippen molar-refractivity contribution in [2.45, 2.75) is 26.3 Å². The van der Waals surface area contributed by atoms with Gasteiger partial charge in [-0.3, -0.25) is 0 Å². The molecule has 2 N–H and O–H groups in total. The van der Waals surface area contributed by atoms with Gasteiger partial charge in [0.2, 0.25) is 0 Å². The summed E-state index contributed by atoms with van der Waals surface area (Å²) < 4.78 is 0. The Kier molecular flexibility index (Phi) is 2.37. The van der Waals surface area contributed by atoms with Gasteiger partial charge in [-0.2, -0.15) is 0 Å². The highest BCUT2D eigenvalue weighted by Gasteiger charge is 2.33. The molecule has 1 heterocycles. The van der Waals surface area contributed by atoms with Crippen LogP contribution in [0.25, 0.3) is 0 Å². The van der Waals surface area contributed by atoms with Gasteiger partial charge < -0.3 is 10.6 Å². The second-order valence-electron chi connectivity index (χ2n) is 4.62. The summed E-state index contributed by atoms with van der Waals surface area (Å²) in [6.07, 6.45) is 1.40. The first-order valence-electron chi connectivity index (χ1n) is 5.21. The van der Waals surface area contributed by atoms with Crippen molar-refractivity contribution in [3.05, 3.63) is 0 Å². The Hall–Kier alpha value is -0.0800. The van der Waals surface area contributed by atoms with Gasteiger partial charge in [0.15, 0.2) is 0 Å². The Labute approximate surface area is 75.1 Å². The van der Waals surface area contributed by atoms with Crippen LogP contribution in [-0.4, -0.2) is 25.7 Å². The molecule has 0 spiro atoms. The van der Waals surface area contributed by atoms with Crippen molar-refractivity contribution in [1.29, 1.82) is 0 Å². The van der Waals surface area contributed by atoms with Gasteiger partial charge in [0.1, 0.15) is 0 Å². The molecule has 0 aromatic rings. The Bertz CT molecular complexity index is 158. The van der Waals surface area contributed by atoms with Crippen molar-refractivity contribution in [2.75, 3.05) is 19.6 Å². The van der Waals surface area contributed by atoms with E-state index in [1.807, 2.05) is 0 Å². The van der Waals surface area contributed by atoms with Crippen molar-refractivity contribution in [3.63, 3.8) is 0 Å². The van der Waals surface area contributed by atoms with Gasteiger partial charge >= 0.3 is 0 Å². The zero-order valence-electron chi connectivity index (χ0n) is 8.14. The fourth-order valence-corrected chi connectivity index (χ4v) is 2.05. The summed E-state index contributed by atoms with van der Waals surface area (Å²) >= 11 is 0. The van der Waals surface area contributed by atoms with Crippen LogP contribution in [0.4, 0.5) is 0 Å². The zero-order chi connectivity index (χ0) is 8.55. The number of nitrogens with one attached hydrogen (secondary N) is 2. The summed E-state index contributed by atoms with van der Waals surface area (Å²) in [6, 6.07) is 0.845. The molecule has 0 bridgehead atoms. The summed E-state index contributed by atoms with van der Waals surface area (Å²) in [5, 5.41) is 7.08. The highest BCUT2D eigenvalue weighted by molar-refractivity contribution is 4.91. The van der Waals surface area contributed by atoms with Crippen LogP contribution in [0.2, 0.25) is 0 Å². The molecule has 2 aliphatic rings. The Balaban J connectivity index is 1.65. The van der Waals surface area contributed by atoms with Crippen LogP contribution in [0.1, 0.15) is 20.3 Å². The molecule has 12 heavy (non-hydrogen) atoms. The van der Waals surface area contributed by atoms with Crippen molar-refractivity contribution >= 4 is 0 Å². The van der Waals surface area contributed by atoms with Crippen molar-refractivity contribution in [1.82, 2.24) is 10.6 Å². The van der Waals surface area contributed by atoms with E-state index in [4.69, 9.17) is 0 Å². The first-order valence-corrected chi connectivity index (χ1v) is 5.21. The first-order chi connectivity index (χ1) is 5.77. The zero-order valence-corrected chi connectivity index (χ0v) is 8.14. The molecule has 0 aromatic carbocycles. The van der Waals surface area contributed by atoms with E-state index in [2.05, 4.69) is 24.5 Å². The number of hydrogen-bond acceptors (Lipinski definition) is 2. The Morgan fingerprint density at radius 1 is 1.25 bits per heavy atom. The van der Waals surface area contributed by atoms with Gasteiger partial charge in [-0.05, 0) is 43.8 Å². The summed E-state index contributed by atoms with van der Waals surface area (Å²) in [5.74, 6) is 2.68. The SMILES string of the molecule is CC1CNCC1CNC1CC1C. The minimum Gasteiger partial charge on any atom is -0.316 e. The average Bonchev–Trinajstić information content (AvgIpc) is 2.57. The van der Waals surface area contributed by atoms with E-state index in [0.717, 1.165) is 23.8 Å². The minimum absolute atomic E-state index is 0.845. The summed E-state index contributed by atoms with van der Waals surface area (Å²) in [5.41, 5.74) is 0. The molecule has 2 fully saturated rings. The smallest absolute Gasteiger partial charge is 0.00965 e. The lowest BCUT2D eigenvalue weighted by molar-refractivity contribution is 0.416. The van der Waals surface area contributed by atoms with Crippen molar-refractivity contribution in [2.24, 2.45) is 17.8 Å². The van der Waals surface area contributed by atoms with E-state index in [1.54, 1.807) is 0 Å². The largest absolute Gasteiger partial charge is 0.316 e. The standard InChI is InChI=1S/C10H20N2/c1-7-3-10(7)12-6-9-5-11-4-8(9)2/h7-12H,3-6H2,1-2H3. The van der Waals surface area contributed by atoms with E-state index in [-0.39, 0.29) is 0 Å². The van der Waals surface area contributed by atoms with Crippen LogP contribution in [0.15, 0.2) is 0 Å². The Morgan fingerprint density at radius 3 is 2.50 bits per heavy atom. The third kappa shape index (κ3) is 1.80. The fraction of sp³-hybridized carbons (Fsp3) is 1.00. The maximum atomic E-state index is 3.64. The molecule has 1 aliphatic heterocycles. The highest BCUT2D eigenvalue weighted by Crippen LogP contribution is 2.29. The lowest BCUT2D eigenvalue weighted by Crippen LogP contribution is -2.29. The van der Waals surface area contributed by atoms with Crippen LogP contribution >= 0.6 is 0 Å². The van der Waals surface area contributed by atoms with Crippen LogP contribution in [0, 0.1) is 17.8 Å². The number of rotatable bonds is 3. The molecule has 70 valence electrons. The predicted molar refractivity (Wildman–Crippen MR) is 51.1 cm³/mol. The van der Waals surface area contributed by atoms with Gasteiger partial charge in [0.05, 0.1) is 0 Å². The quantitative estimate of drug-likeness (QED) is 0.652. The lowest BCUT2D eigenvalue weighted by atomic mass is 9.98. The van der Waals surface area contributed by atoms with Gasteiger partial charge in [0, 0.05) is 6.04 Å². The number of hydrogen-bond donors (Lipinski definition) is 2. The summed E-state index contributed by atoms with van der Waals surface area (Å²) in [6.45, 7) is 8.33. The van der Waals surface area contributed by atoms with E-state index in [9.17, 15) is 0 Å². The van der Waals surface area contributed by atoms with E-state index < -0.39 is 0 Å². The second kappa shape index (κ2) is 3.35. The Morgan fingerprint density at radius 2 is 2.00 bits per heavy atom. The molecular formula is C10H20N2. The average molecular weight is 168 g/mol. The van der Waals surface area contributed by atoms with E-state index in [1.165, 1.54) is 26.1 Å². The molecule has 2 nitrogen and oxygen atoms in total. The molecule has 2 rings (SSSR count). The third-order valence-electron chi connectivity index (χ3n) is 3.43.